The summed E-state index contributed by atoms with van der Waals surface area (Å²) in [6.07, 6.45) is 3.00. The van der Waals surface area contributed by atoms with Crippen LogP contribution in [0.25, 0.3) is 0 Å². The second kappa shape index (κ2) is 7.07. The zero-order chi connectivity index (χ0) is 17.8. The Morgan fingerprint density at radius 2 is 2.04 bits per heavy atom. The molecule has 9 nitrogen and oxygen atoms in total. The molecule has 0 amide bonds. The molecule has 130 valence electrons. The number of aromatic nitrogens is 5. The van der Waals surface area contributed by atoms with Crippen molar-refractivity contribution in [1.29, 1.82) is 0 Å². The van der Waals surface area contributed by atoms with Crippen molar-refractivity contribution in [3.8, 4) is 0 Å². The Labute approximate surface area is 142 Å². The van der Waals surface area contributed by atoms with Crippen molar-refractivity contribution in [2.45, 2.75) is 26.6 Å². The Balaban J connectivity index is 1.58. The first-order valence-corrected chi connectivity index (χ1v) is 7.58. The summed E-state index contributed by atoms with van der Waals surface area (Å²) in [5, 5.41) is 22.1. The highest BCUT2D eigenvalue weighted by Crippen LogP contribution is 2.14. The van der Waals surface area contributed by atoms with Gasteiger partial charge in [0.2, 0.25) is 0 Å². The number of rotatable bonds is 7. The molecule has 25 heavy (non-hydrogen) atoms. The summed E-state index contributed by atoms with van der Waals surface area (Å²) in [4.78, 5) is 14.5. The largest absolute Gasteiger partial charge is 0.379 e. The molecule has 0 aliphatic carbocycles. The van der Waals surface area contributed by atoms with Gasteiger partial charge < -0.3 is 15.4 Å². The molecule has 0 aliphatic rings. The van der Waals surface area contributed by atoms with Crippen LogP contribution < -0.4 is 5.32 Å². The van der Waals surface area contributed by atoms with Gasteiger partial charge in [-0.1, -0.05) is 5.21 Å². The molecule has 3 rings (SSSR count). The maximum Gasteiger partial charge on any atom is 0.342 e. The number of benzene rings is 1. The molecule has 2 heterocycles. The summed E-state index contributed by atoms with van der Waals surface area (Å²) in [5.41, 5.74) is 1.49. The summed E-state index contributed by atoms with van der Waals surface area (Å²) in [6, 6.07) is 6.03. The lowest BCUT2D eigenvalue weighted by Gasteiger charge is -2.03. The molecule has 0 atom stereocenters. The number of halogens is 1. The van der Waals surface area contributed by atoms with Crippen LogP contribution >= 0.6 is 0 Å². The summed E-state index contributed by atoms with van der Waals surface area (Å²) >= 11 is 0. The summed E-state index contributed by atoms with van der Waals surface area (Å²) < 4.78 is 16.0. The third-order valence-electron chi connectivity index (χ3n) is 3.68. The second-order valence-electron chi connectivity index (χ2n) is 5.41. The molecular formula is C15H16FN7O2. The third-order valence-corrected chi connectivity index (χ3v) is 3.68. The molecule has 2 aromatic heterocycles. The first-order chi connectivity index (χ1) is 12.0. The van der Waals surface area contributed by atoms with Gasteiger partial charge in [0, 0.05) is 12.6 Å². The van der Waals surface area contributed by atoms with E-state index in [1.807, 2.05) is 0 Å². The highest BCUT2D eigenvalue weighted by Gasteiger charge is 2.17. The Kier molecular flexibility index (Phi) is 4.68. The minimum Gasteiger partial charge on any atom is -0.379 e. The van der Waals surface area contributed by atoms with Crippen LogP contribution in [0.4, 0.5) is 15.9 Å². The molecule has 0 bridgehead atoms. The fourth-order valence-electron chi connectivity index (χ4n) is 2.37. The molecule has 0 aliphatic heterocycles. The average molecular weight is 345 g/mol. The van der Waals surface area contributed by atoms with Crippen molar-refractivity contribution >= 4 is 11.5 Å². The fourth-order valence-corrected chi connectivity index (χ4v) is 2.37. The Morgan fingerprint density at radius 3 is 2.76 bits per heavy atom. The van der Waals surface area contributed by atoms with Crippen LogP contribution in [0.5, 0.6) is 0 Å². The van der Waals surface area contributed by atoms with Crippen molar-refractivity contribution in [2.24, 2.45) is 0 Å². The fraction of sp³-hybridized carbons (Fsp3) is 0.267. The van der Waals surface area contributed by atoms with Gasteiger partial charge in [0.1, 0.15) is 24.3 Å². The summed E-state index contributed by atoms with van der Waals surface area (Å²) in [5.74, 6) is 0.237. The predicted molar refractivity (Wildman–Crippen MR) is 87.4 cm³/mol. The van der Waals surface area contributed by atoms with Crippen LogP contribution in [0, 0.1) is 22.9 Å². The van der Waals surface area contributed by atoms with Crippen molar-refractivity contribution in [2.75, 3.05) is 5.32 Å². The first kappa shape index (κ1) is 16.6. The molecule has 0 unspecified atom stereocenters. The summed E-state index contributed by atoms with van der Waals surface area (Å²) in [7, 11) is 0. The highest BCUT2D eigenvalue weighted by molar-refractivity contribution is 5.42. The van der Waals surface area contributed by atoms with Gasteiger partial charge in [-0.25, -0.2) is 18.6 Å². The van der Waals surface area contributed by atoms with Crippen LogP contribution in [-0.4, -0.2) is 29.5 Å². The molecule has 1 aromatic carbocycles. The number of hydrogen-bond acceptors (Lipinski definition) is 6. The minimum absolute atomic E-state index is 0.0455. The average Bonchev–Trinajstić information content (AvgIpc) is 3.19. The van der Waals surface area contributed by atoms with E-state index in [1.165, 1.54) is 22.9 Å². The number of anilines is 1. The van der Waals surface area contributed by atoms with E-state index < -0.39 is 4.92 Å². The van der Waals surface area contributed by atoms with Gasteiger partial charge in [0.15, 0.2) is 5.82 Å². The van der Waals surface area contributed by atoms with Gasteiger partial charge in [-0.15, -0.1) is 5.10 Å². The number of nitro groups is 1. The van der Waals surface area contributed by atoms with Crippen molar-refractivity contribution in [3.63, 3.8) is 0 Å². The number of nitrogens with zero attached hydrogens (tertiary/aromatic N) is 6. The first-order valence-electron chi connectivity index (χ1n) is 7.58. The van der Waals surface area contributed by atoms with Gasteiger partial charge in [-0.05, 0) is 29.2 Å². The van der Waals surface area contributed by atoms with Gasteiger partial charge in [-0.2, -0.15) is 0 Å². The topological polar surface area (TPSA) is 104 Å². The van der Waals surface area contributed by atoms with Gasteiger partial charge in [-0.3, -0.25) is 0 Å². The van der Waals surface area contributed by atoms with E-state index in [0.717, 1.165) is 5.69 Å². The van der Waals surface area contributed by atoms with Crippen molar-refractivity contribution in [1.82, 2.24) is 24.5 Å². The van der Waals surface area contributed by atoms with Gasteiger partial charge >= 0.3 is 5.82 Å². The SMILES string of the molecule is Cc1ncc([N+](=O)[O-])n1CCn1cc(CNc2ccc(F)cc2)nn1. The molecule has 1 N–H and O–H groups in total. The minimum atomic E-state index is -0.459. The van der Waals surface area contributed by atoms with E-state index >= 15 is 0 Å². The van der Waals surface area contributed by atoms with Crippen LogP contribution in [-0.2, 0) is 19.6 Å². The molecule has 3 aromatic rings. The molecule has 0 spiro atoms. The second-order valence-corrected chi connectivity index (χ2v) is 5.41. The van der Waals surface area contributed by atoms with Crippen molar-refractivity contribution < 1.29 is 9.31 Å². The third kappa shape index (κ3) is 3.97. The van der Waals surface area contributed by atoms with Crippen molar-refractivity contribution in [3.05, 3.63) is 64.1 Å². The van der Waals surface area contributed by atoms with E-state index in [9.17, 15) is 14.5 Å². The number of aryl methyl sites for hydroxylation is 2. The highest BCUT2D eigenvalue weighted by atomic mass is 19.1. The quantitative estimate of drug-likeness (QED) is 0.520. The standard InChI is InChI=1S/C15H16FN7O2/c1-11-17-9-15(23(24)25)22(11)7-6-21-10-14(19-20-21)8-18-13-4-2-12(16)3-5-13/h2-5,9-10,18H,6-8H2,1H3. The lowest BCUT2D eigenvalue weighted by atomic mass is 10.3. The number of nitrogens with one attached hydrogen (secondary N) is 1. The zero-order valence-electron chi connectivity index (χ0n) is 13.5. The predicted octanol–water partition coefficient (Wildman–Crippen LogP) is 2.14. The molecule has 0 fully saturated rings. The summed E-state index contributed by atoms with van der Waals surface area (Å²) in [6.45, 7) is 2.96. The maximum absolute atomic E-state index is 12.9. The van der Waals surface area contributed by atoms with E-state index in [4.69, 9.17) is 0 Å². The molecule has 0 radical (unpaired) electrons. The van der Waals surface area contributed by atoms with Crippen LogP contribution in [0.3, 0.4) is 0 Å². The zero-order valence-corrected chi connectivity index (χ0v) is 13.5. The van der Waals surface area contributed by atoms with E-state index in [0.29, 0.717) is 31.2 Å². The molecule has 0 saturated carbocycles. The number of imidazole rings is 1. The van der Waals surface area contributed by atoms with E-state index in [-0.39, 0.29) is 11.6 Å². The van der Waals surface area contributed by atoms with Crippen LogP contribution in [0.2, 0.25) is 0 Å². The Hall–Kier alpha value is -3.30. The number of hydrogen-bond donors (Lipinski definition) is 1. The Morgan fingerprint density at radius 1 is 1.28 bits per heavy atom. The lowest BCUT2D eigenvalue weighted by Crippen LogP contribution is -2.11. The van der Waals surface area contributed by atoms with Crippen LogP contribution in [0.1, 0.15) is 11.5 Å². The van der Waals surface area contributed by atoms with E-state index in [2.05, 4.69) is 20.6 Å². The van der Waals surface area contributed by atoms with Gasteiger partial charge in [0.05, 0.1) is 19.3 Å². The maximum atomic E-state index is 12.9. The molecule has 0 saturated heterocycles. The van der Waals surface area contributed by atoms with Crippen LogP contribution in [0.15, 0.2) is 36.7 Å². The molecule has 10 heteroatoms. The van der Waals surface area contributed by atoms with E-state index in [1.54, 1.807) is 29.9 Å². The Bertz CT molecular complexity index is 872. The lowest BCUT2D eigenvalue weighted by molar-refractivity contribution is -0.392. The normalized spacial score (nSPS) is 10.8. The monoisotopic (exact) mass is 345 g/mol. The van der Waals surface area contributed by atoms with Gasteiger partial charge in [0.25, 0.3) is 0 Å². The smallest absolute Gasteiger partial charge is 0.342 e. The molecular weight excluding hydrogens is 329 g/mol.